The minimum atomic E-state index is -4.33. The van der Waals surface area contributed by atoms with Gasteiger partial charge in [-0.05, 0) is 42.5 Å². The van der Waals surface area contributed by atoms with E-state index in [9.17, 15) is 17.6 Å². The van der Waals surface area contributed by atoms with Crippen LogP contribution < -0.4 is 9.04 Å². The van der Waals surface area contributed by atoms with Crippen LogP contribution in [0.25, 0.3) is 0 Å². The second-order valence-corrected chi connectivity index (χ2v) is 8.64. The van der Waals surface area contributed by atoms with Gasteiger partial charge in [-0.2, -0.15) is 0 Å². The summed E-state index contributed by atoms with van der Waals surface area (Å²) in [4.78, 5) is 11.9. The monoisotopic (exact) mass is 463 g/mol. The molecular formula is C22H19ClFNO5S. The van der Waals surface area contributed by atoms with E-state index in [1.807, 2.05) is 0 Å². The summed E-state index contributed by atoms with van der Waals surface area (Å²) < 4.78 is 52.4. The van der Waals surface area contributed by atoms with Gasteiger partial charge >= 0.3 is 5.97 Å². The zero-order valence-corrected chi connectivity index (χ0v) is 18.3. The molecule has 0 heterocycles. The van der Waals surface area contributed by atoms with Crippen LogP contribution in [0.15, 0.2) is 71.6 Å². The topological polar surface area (TPSA) is 72.9 Å². The Bertz CT molecular complexity index is 1220. The number of para-hydroxylation sites is 1. The van der Waals surface area contributed by atoms with E-state index in [0.29, 0.717) is 5.75 Å². The summed E-state index contributed by atoms with van der Waals surface area (Å²) in [5, 5.41) is 0.164. The first kappa shape index (κ1) is 22.6. The van der Waals surface area contributed by atoms with Gasteiger partial charge in [0.05, 0.1) is 37.0 Å². The van der Waals surface area contributed by atoms with Crippen molar-refractivity contribution in [3.63, 3.8) is 0 Å². The summed E-state index contributed by atoms with van der Waals surface area (Å²) in [5.41, 5.74) is 0.310. The number of benzene rings is 3. The Morgan fingerprint density at radius 3 is 2.39 bits per heavy atom. The molecule has 0 saturated carbocycles. The van der Waals surface area contributed by atoms with Crippen LogP contribution >= 0.6 is 11.6 Å². The van der Waals surface area contributed by atoms with E-state index in [2.05, 4.69) is 0 Å². The summed E-state index contributed by atoms with van der Waals surface area (Å²) in [5.74, 6) is -1.06. The number of esters is 1. The van der Waals surface area contributed by atoms with Crippen LogP contribution in [0.5, 0.6) is 5.75 Å². The standard InChI is InChI=1S/C22H19ClFNO5S/c1-29-20-12-11-16(24)13-15(20)14-25(19-9-5-4-8-18(19)23)31(27,28)21-10-6-3-7-17(21)22(26)30-2/h3-13H,14H2,1-2H3. The fourth-order valence-electron chi connectivity index (χ4n) is 3.07. The molecule has 3 aromatic rings. The quantitative estimate of drug-likeness (QED) is 0.476. The third kappa shape index (κ3) is 4.65. The van der Waals surface area contributed by atoms with Crippen LogP contribution in [0.3, 0.4) is 0 Å². The first-order valence-corrected chi connectivity index (χ1v) is 10.9. The molecule has 6 nitrogen and oxygen atoms in total. The minimum Gasteiger partial charge on any atom is -0.496 e. The summed E-state index contributed by atoms with van der Waals surface area (Å²) in [6.45, 7) is -0.289. The van der Waals surface area contributed by atoms with E-state index in [4.69, 9.17) is 21.1 Å². The molecule has 0 unspecified atom stereocenters. The van der Waals surface area contributed by atoms with Crippen molar-refractivity contribution in [2.24, 2.45) is 0 Å². The average molecular weight is 464 g/mol. The normalized spacial score (nSPS) is 11.1. The molecule has 0 saturated heterocycles. The molecule has 31 heavy (non-hydrogen) atoms. The molecule has 0 N–H and O–H groups in total. The molecule has 9 heteroatoms. The zero-order chi connectivity index (χ0) is 22.6. The summed E-state index contributed by atoms with van der Waals surface area (Å²) in [6.07, 6.45) is 0. The number of hydrogen-bond acceptors (Lipinski definition) is 5. The SMILES string of the molecule is COC(=O)c1ccccc1S(=O)(=O)N(Cc1cc(F)ccc1OC)c1ccccc1Cl. The van der Waals surface area contributed by atoms with Gasteiger partial charge < -0.3 is 9.47 Å². The van der Waals surface area contributed by atoms with Crippen molar-refractivity contribution in [3.8, 4) is 5.75 Å². The van der Waals surface area contributed by atoms with Crippen molar-refractivity contribution >= 4 is 33.3 Å². The van der Waals surface area contributed by atoms with Crippen molar-refractivity contribution in [2.75, 3.05) is 18.5 Å². The van der Waals surface area contributed by atoms with Gasteiger partial charge in [-0.1, -0.05) is 35.9 Å². The number of methoxy groups -OCH3 is 2. The first-order chi connectivity index (χ1) is 14.8. The average Bonchev–Trinajstić information content (AvgIpc) is 2.77. The lowest BCUT2D eigenvalue weighted by molar-refractivity contribution is 0.0596. The van der Waals surface area contributed by atoms with Gasteiger partial charge in [0, 0.05) is 5.56 Å². The first-order valence-electron chi connectivity index (χ1n) is 9.06. The van der Waals surface area contributed by atoms with Gasteiger partial charge in [-0.15, -0.1) is 0 Å². The van der Waals surface area contributed by atoms with Crippen molar-refractivity contribution in [2.45, 2.75) is 11.4 Å². The van der Waals surface area contributed by atoms with E-state index < -0.39 is 21.8 Å². The Labute approximate surface area is 184 Å². The maximum absolute atomic E-state index is 13.9. The highest BCUT2D eigenvalue weighted by molar-refractivity contribution is 7.92. The Kier molecular flexibility index (Phi) is 6.82. The maximum Gasteiger partial charge on any atom is 0.339 e. The van der Waals surface area contributed by atoms with Crippen molar-refractivity contribution in [1.29, 1.82) is 0 Å². The predicted molar refractivity (Wildman–Crippen MR) is 116 cm³/mol. The fraction of sp³-hybridized carbons (Fsp3) is 0.136. The van der Waals surface area contributed by atoms with Gasteiger partial charge in [-0.3, -0.25) is 4.31 Å². The summed E-state index contributed by atoms with van der Waals surface area (Å²) in [7, 11) is -1.77. The van der Waals surface area contributed by atoms with E-state index in [0.717, 1.165) is 11.4 Å². The van der Waals surface area contributed by atoms with Gasteiger partial charge in [0.2, 0.25) is 0 Å². The molecule has 3 aromatic carbocycles. The van der Waals surface area contributed by atoms with Gasteiger partial charge in [-0.25, -0.2) is 17.6 Å². The maximum atomic E-state index is 13.9. The van der Waals surface area contributed by atoms with Crippen molar-refractivity contribution in [3.05, 3.63) is 88.7 Å². The Balaban J connectivity index is 2.22. The number of carbonyl (C=O) groups excluding carboxylic acids is 1. The molecule has 0 aliphatic rings. The van der Waals surface area contributed by atoms with E-state index >= 15 is 0 Å². The van der Waals surface area contributed by atoms with Crippen LogP contribution in [0.4, 0.5) is 10.1 Å². The highest BCUT2D eigenvalue weighted by Gasteiger charge is 2.31. The third-order valence-corrected chi connectivity index (χ3v) is 6.68. The molecule has 0 aliphatic carbocycles. The van der Waals surface area contributed by atoms with E-state index in [1.54, 1.807) is 12.1 Å². The number of hydrogen-bond donors (Lipinski definition) is 0. The van der Waals surface area contributed by atoms with Crippen molar-refractivity contribution in [1.82, 2.24) is 0 Å². The van der Waals surface area contributed by atoms with Crippen molar-refractivity contribution < 1.29 is 27.1 Å². The molecule has 0 aromatic heterocycles. The lowest BCUT2D eigenvalue weighted by Crippen LogP contribution is -2.32. The second kappa shape index (κ2) is 9.36. The number of ether oxygens (including phenoxy) is 2. The zero-order valence-electron chi connectivity index (χ0n) is 16.7. The molecule has 0 radical (unpaired) electrons. The number of anilines is 1. The minimum absolute atomic E-state index is 0.131. The Hall–Kier alpha value is -3.10. The third-order valence-electron chi connectivity index (χ3n) is 4.54. The van der Waals surface area contributed by atoms with Crippen LogP contribution in [0.2, 0.25) is 5.02 Å². The van der Waals surface area contributed by atoms with Crippen LogP contribution in [0, 0.1) is 5.82 Å². The smallest absolute Gasteiger partial charge is 0.339 e. The Morgan fingerprint density at radius 1 is 1.03 bits per heavy atom. The van der Waals surface area contributed by atoms with Crippen LogP contribution in [-0.4, -0.2) is 28.6 Å². The van der Waals surface area contributed by atoms with Gasteiger partial charge in [0.15, 0.2) is 0 Å². The number of halogens is 2. The highest BCUT2D eigenvalue weighted by Crippen LogP contribution is 2.34. The lowest BCUT2D eigenvalue weighted by atomic mass is 10.2. The lowest BCUT2D eigenvalue weighted by Gasteiger charge is -2.27. The summed E-state index contributed by atoms with van der Waals surface area (Å²) >= 11 is 6.31. The highest BCUT2D eigenvalue weighted by atomic mass is 35.5. The Morgan fingerprint density at radius 2 is 1.71 bits per heavy atom. The molecular weight excluding hydrogens is 445 g/mol. The number of nitrogens with zero attached hydrogens (tertiary/aromatic N) is 1. The molecule has 162 valence electrons. The molecule has 0 spiro atoms. The van der Waals surface area contributed by atoms with Crippen LogP contribution in [-0.2, 0) is 21.3 Å². The summed E-state index contributed by atoms with van der Waals surface area (Å²) in [6, 6.07) is 15.8. The predicted octanol–water partition coefficient (Wildman–Crippen LogP) is 4.67. The molecule has 0 amide bonds. The van der Waals surface area contributed by atoms with Gasteiger partial charge in [0.1, 0.15) is 16.5 Å². The number of sulfonamides is 1. The molecule has 3 rings (SSSR count). The molecule has 0 bridgehead atoms. The second-order valence-electron chi connectivity index (χ2n) is 6.41. The van der Waals surface area contributed by atoms with E-state index in [1.165, 1.54) is 61.7 Å². The molecule has 0 atom stereocenters. The fourth-order valence-corrected chi connectivity index (χ4v) is 5.00. The van der Waals surface area contributed by atoms with Crippen LogP contribution in [0.1, 0.15) is 15.9 Å². The van der Waals surface area contributed by atoms with Gasteiger partial charge in [0.25, 0.3) is 10.0 Å². The van der Waals surface area contributed by atoms with E-state index in [-0.39, 0.29) is 33.3 Å². The largest absolute Gasteiger partial charge is 0.496 e. The molecule has 0 fully saturated rings. The molecule has 0 aliphatic heterocycles. The number of rotatable bonds is 7. The number of carbonyl (C=O) groups is 1.